The zero-order chi connectivity index (χ0) is 21.1. The molecule has 0 bridgehead atoms. The van der Waals surface area contributed by atoms with Crippen LogP contribution in [0, 0.1) is 10.5 Å². The molecule has 1 aliphatic heterocycles. The molecular weight excluding hydrogens is 493 g/mol. The van der Waals surface area contributed by atoms with Crippen molar-refractivity contribution in [2.45, 2.75) is 6.92 Å². The van der Waals surface area contributed by atoms with E-state index in [2.05, 4.69) is 27.6 Å². The van der Waals surface area contributed by atoms with Gasteiger partial charge in [-0.3, -0.25) is 0 Å². The third-order valence-electron chi connectivity index (χ3n) is 4.42. The number of halogens is 1. The molecule has 30 heavy (non-hydrogen) atoms. The molecule has 0 unspecified atom stereocenters. The molecule has 0 aliphatic carbocycles. The summed E-state index contributed by atoms with van der Waals surface area (Å²) in [5.74, 6) is -0.320. The van der Waals surface area contributed by atoms with Crippen LogP contribution in [-0.2, 0) is 9.53 Å². The highest BCUT2D eigenvalue weighted by Gasteiger charge is 2.24. The minimum absolute atomic E-state index is 0.187. The first-order valence-electron chi connectivity index (χ1n) is 9.16. The highest BCUT2D eigenvalue weighted by Crippen LogP contribution is 2.23. The van der Waals surface area contributed by atoms with Gasteiger partial charge < -0.3 is 9.47 Å². The summed E-state index contributed by atoms with van der Waals surface area (Å²) in [6.07, 6.45) is 1.61. The van der Waals surface area contributed by atoms with Gasteiger partial charge in [0.2, 0.25) is 5.90 Å². The number of rotatable bonds is 4. The standard InChI is InChI=1S/C24H16INO4/c1-15-10-11-18(14-20(15)25)22-26-21(24(28)30-22)13-16-6-5-9-19(12-16)29-23(27)17-7-3-2-4-8-17/h2-14H,1H3/b21-13-. The van der Waals surface area contributed by atoms with E-state index in [4.69, 9.17) is 9.47 Å². The SMILES string of the molecule is Cc1ccc(C2=N/C(=C\c3cccc(OC(=O)c4ccccc4)c3)C(=O)O2)cc1I. The summed E-state index contributed by atoms with van der Waals surface area (Å²) < 4.78 is 11.8. The summed E-state index contributed by atoms with van der Waals surface area (Å²) in [6.45, 7) is 2.01. The van der Waals surface area contributed by atoms with Gasteiger partial charge in [0.15, 0.2) is 5.70 Å². The van der Waals surface area contributed by atoms with Crippen LogP contribution in [0.5, 0.6) is 5.75 Å². The number of hydrogen-bond acceptors (Lipinski definition) is 5. The van der Waals surface area contributed by atoms with Crippen LogP contribution < -0.4 is 4.74 Å². The molecule has 4 rings (SSSR count). The van der Waals surface area contributed by atoms with Crippen LogP contribution in [0.2, 0.25) is 0 Å². The largest absolute Gasteiger partial charge is 0.423 e. The second-order valence-corrected chi connectivity index (χ2v) is 7.79. The Bertz CT molecular complexity index is 1200. The van der Waals surface area contributed by atoms with E-state index in [0.717, 1.165) is 14.7 Å². The van der Waals surface area contributed by atoms with Gasteiger partial charge >= 0.3 is 11.9 Å². The predicted octanol–water partition coefficient (Wildman–Crippen LogP) is 5.16. The summed E-state index contributed by atoms with van der Waals surface area (Å²) in [4.78, 5) is 28.8. The molecule has 0 aromatic heterocycles. The van der Waals surface area contributed by atoms with Gasteiger partial charge in [0.25, 0.3) is 0 Å². The first kappa shape index (κ1) is 20.0. The lowest BCUT2D eigenvalue weighted by Crippen LogP contribution is -2.08. The van der Waals surface area contributed by atoms with Crippen molar-refractivity contribution in [3.8, 4) is 5.75 Å². The van der Waals surface area contributed by atoms with E-state index in [1.807, 2.05) is 31.2 Å². The number of carbonyl (C=O) groups excluding carboxylic acids is 2. The van der Waals surface area contributed by atoms with Crippen molar-refractivity contribution < 1.29 is 19.1 Å². The van der Waals surface area contributed by atoms with Crippen molar-refractivity contribution in [3.63, 3.8) is 0 Å². The monoisotopic (exact) mass is 509 g/mol. The summed E-state index contributed by atoms with van der Waals surface area (Å²) in [7, 11) is 0. The van der Waals surface area contributed by atoms with Crippen molar-refractivity contribution in [1.82, 2.24) is 0 Å². The molecule has 0 spiro atoms. The quantitative estimate of drug-likeness (QED) is 0.211. The van der Waals surface area contributed by atoms with Gasteiger partial charge in [-0.1, -0.05) is 36.4 Å². The molecule has 6 heteroatoms. The fourth-order valence-corrected chi connectivity index (χ4v) is 3.34. The van der Waals surface area contributed by atoms with E-state index >= 15 is 0 Å². The van der Waals surface area contributed by atoms with E-state index in [0.29, 0.717) is 16.9 Å². The molecule has 0 amide bonds. The van der Waals surface area contributed by atoms with E-state index in [1.54, 1.807) is 54.6 Å². The Morgan fingerprint density at radius 2 is 1.83 bits per heavy atom. The minimum Gasteiger partial charge on any atom is -0.423 e. The predicted molar refractivity (Wildman–Crippen MR) is 122 cm³/mol. The molecule has 148 valence electrons. The van der Waals surface area contributed by atoms with Gasteiger partial charge in [-0.05, 0) is 83.1 Å². The highest BCUT2D eigenvalue weighted by atomic mass is 127. The van der Waals surface area contributed by atoms with Crippen molar-refractivity contribution in [2.75, 3.05) is 0 Å². The lowest BCUT2D eigenvalue weighted by atomic mass is 10.1. The summed E-state index contributed by atoms with van der Waals surface area (Å²) in [5.41, 5.74) is 3.20. The number of cyclic esters (lactones) is 1. The molecule has 0 N–H and O–H groups in total. The number of carbonyl (C=O) groups is 2. The van der Waals surface area contributed by atoms with Crippen LogP contribution in [-0.4, -0.2) is 17.8 Å². The van der Waals surface area contributed by atoms with E-state index in [9.17, 15) is 9.59 Å². The third-order valence-corrected chi connectivity index (χ3v) is 5.58. The van der Waals surface area contributed by atoms with E-state index < -0.39 is 11.9 Å². The maximum atomic E-state index is 12.3. The van der Waals surface area contributed by atoms with Crippen LogP contribution in [0.1, 0.15) is 27.0 Å². The number of esters is 2. The molecule has 1 aliphatic rings. The molecular formula is C24H16INO4. The first-order valence-corrected chi connectivity index (χ1v) is 10.2. The average Bonchev–Trinajstić information content (AvgIpc) is 3.11. The molecule has 3 aromatic rings. The fraction of sp³-hybridized carbons (Fsp3) is 0.0417. The van der Waals surface area contributed by atoms with Gasteiger partial charge in [0.1, 0.15) is 5.75 Å². The smallest absolute Gasteiger partial charge is 0.363 e. The molecule has 0 saturated heterocycles. The van der Waals surface area contributed by atoms with Crippen LogP contribution in [0.25, 0.3) is 6.08 Å². The number of nitrogens with zero attached hydrogens (tertiary/aromatic N) is 1. The van der Waals surface area contributed by atoms with Crippen molar-refractivity contribution in [3.05, 3.63) is 104 Å². The maximum absolute atomic E-state index is 12.3. The topological polar surface area (TPSA) is 65.0 Å². The normalized spacial score (nSPS) is 14.4. The number of aryl methyl sites for hydroxylation is 1. The second kappa shape index (κ2) is 8.62. The van der Waals surface area contributed by atoms with Crippen molar-refractivity contribution in [1.29, 1.82) is 0 Å². The van der Waals surface area contributed by atoms with Gasteiger partial charge in [-0.15, -0.1) is 0 Å². The Labute approximate surface area is 187 Å². The highest BCUT2D eigenvalue weighted by molar-refractivity contribution is 14.1. The van der Waals surface area contributed by atoms with Crippen LogP contribution in [0.4, 0.5) is 0 Å². The van der Waals surface area contributed by atoms with Crippen molar-refractivity contribution >= 4 is 46.5 Å². The maximum Gasteiger partial charge on any atom is 0.363 e. The third kappa shape index (κ3) is 4.49. The molecule has 3 aromatic carbocycles. The average molecular weight is 509 g/mol. The molecule has 1 heterocycles. The lowest BCUT2D eigenvalue weighted by Gasteiger charge is -2.05. The Balaban J connectivity index is 1.56. The molecule has 0 atom stereocenters. The zero-order valence-electron chi connectivity index (χ0n) is 16.0. The van der Waals surface area contributed by atoms with E-state index in [-0.39, 0.29) is 11.6 Å². The number of aliphatic imine (C=N–C) groups is 1. The summed E-state index contributed by atoms with van der Waals surface area (Å²) >= 11 is 2.23. The zero-order valence-corrected chi connectivity index (χ0v) is 18.1. The molecule has 5 nitrogen and oxygen atoms in total. The van der Waals surface area contributed by atoms with Gasteiger partial charge in [-0.2, -0.15) is 0 Å². The molecule has 0 saturated carbocycles. The van der Waals surface area contributed by atoms with Crippen LogP contribution >= 0.6 is 22.6 Å². The van der Waals surface area contributed by atoms with Gasteiger partial charge in [0, 0.05) is 9.13 Å². The van der Waals surface area contributed by atoms with Gasteiger partial charge in [0.05, 0.1) is 5.56 Å². The van der Waals surface area contributed by atoms with Crippen LogP contribution in [0.15, 0.2) is 83.5 Å². The summed E-state index contributed by atoms with van der Waals surface area (Å²) in [6, 6.07) is 21.4. The second-order valence-electron chi connectivity index (χ2n) is 6.63. The van der Waals surface area contributed by atoms with Gasteiger partial charge in [-0.25, -0.2) is 14.6 Å². The Kier molecular flexibility index (Phi) is 5.76. The fourth-order valence-electron chi connectivity index (χ4n) is 2.82. The number of hydrogen-bond donors (Lipinski definition) is 0. The van der Waals surface area contributed by atoms with Crippen molar-refractivity contribution in [2.24, 2.45) is 4.99 Å². The number of benzene rings is 3. The molecule has 0 fully saturated rings. The Hall–Kier alpha value is -3.26. The summed E-state index contributed by atoms with van der Waals surface area (Å²) in [5, 5.41) is 0. The number of ether oxygens (including phenoxy) is 2. The van der Waals surface area contributed by atoms with Crippen LogP contribution in [0.3, 0.4) is 0 Å². The Morgan fingerprint density at radius 1 is 1.03 bits per heavy atom. The molecule has 0 radical (unpaired) electrons. The van der Waals surface area contributed by atoms with E-state index in [1.165, 1.54) is 0 Å². The minimum atomic E-state index is -0.521. The Morgan fingerprint density at radius 3 is 2.60 bits per heavy atom. The lowest BCUT2D eigenvalue weighted by molar-refractivity contribution is -0.129. The first-order chi connectivity index (χ1) is 14.5.